The molecule has 8 heteroatoms. The molecule has 2 heterocycles. The van der Waals surface area contributed by atoms with Gasteiger partial charge in [0.2, 0.25) is 11.8 Å². The van der Waals surface area contributed by atoms with Gasteiger partial charge in [0.15, 0.2) is 5.76 Å². The number of rotatable bonds is 9. The molecule has 8 nitrogen and oxygen atoms in total. The molecule has 0 radical (unpaired) electrons. The van der Waals surface area contributed by atoms with E-state index in [0.29, 0.717) is 5.76 Å². The maximum atomic E-state index is 13.7. The second-order valence-electron chi connectivity index (χ2n) is 8.86. The summed E-state index contributed by atoms with van der Waals surface area (Å²) in [5.41, 5.74) is 1.63. The Hall–Kier alpha value is -3.81. The molecule has 1 saturated carbocycles. The highest BCUT2D eigenvalue weighted by atomic mass is 16.3. The van der Waals surface area contributed by atoms with Crippen molar-refractivity contribution >= 4 is 17.7 Å². The Balaban J connectivity index is 1.62. The number of benzene rings is 1. The Morgan fingerprint density at radius 2 is 1.71 bits per heavy atom. The van der Waals surface area contributed by atoms with Crippen molar-refractivity contribution in [3.8, 4) is 0 Å². The van der Waals surface area contributed by atoms with Gasteiger partial charge in [-0.2, -0.15) is 0 Å². The summed E-state index contributed by atoms with van der Waals surface area (Å²) in [6.07, 6.45) is 8.11. The van der Waals surface area contributed by atoms with E-state index in [9.17, 15) is 14.4 Å². The fourth-order valence-corrected chi connectivity index (χ4v) is 4.52. The van der Waals surface area contributed by atoms with E-state index in [1.165, 1.54) is 29.9 Å². The van der Waals surface area contributed by atoms with Gasteiger partial charge in [0.05, 0.1) is 25.6 Å². The number of furan rings is 2. The van der Waals surface area contributed by atoms with Crippen LogP contribution in [0.5, 0.6) is 0 Å². The summed E-state index contributed by atoms with van der Waals surface area (Å²) in [6, 6.07) is 13.4. The quantitative estimate of drug-likeness (QED) is 0.482. The number of carbonyl (C=O) groups is 3. The third kappa shape index (κ3) is 6.20. The van der Waals surface area contributed by atoms with Crippen LogP contribution in [0.2, 0.25) is 0 Å². The molecule has 0 unspecified atom stereocenters. The van der Waals surface area contributed by atoms with Crippen LogP contribution in [0.3, 0.4) is 0 Å². The minimum atomic E-state index is -0.878. The maximum Gasteiger partial charge on any atom is 0.287 e. The minimum Gasteiger partial charge on any atom is -0.467 e. The molecular weight excluding hydrogens is 446 g/mol. The molecule has 35 heavy (non-hydrogen) atoms. The Labute approximate surface area is 204 Å². The molecule has 0 saturated heterocycles. The first-order valence-electron chi connectivity index (χ1n) is 12.0. The van der Waals surface area contributed by atoms with Gasteiger partial charge in [-0.15, -0.1) is 0 Å². The highest BCUT2D eigenvalue weighted by molar-refractivity contribution is 5.95. The Morgan fingerprint density at radius 3 is 2.40 bits per heavy atom. The summed E-state index contributed by atoms with van der Waals surface area (Å²) in [6.45, 7) is 1.71. The fourth-order valence-electron chi connectivity index (χ4n) is 4.52. The first kappa shape index (κ1) is 24.3. The summed E-state index contributed by atoms with van der Waals surface area (Å²) >= 11 is 0. The molecule has 0 spiro atoms. The molecule has 0 aliphatic heterocycles. The molecule has 1 fully saturated rings. The zero-order valence-corrected chi connectivity index (χ0v) is 19.9. The highest BCUT2D eigenvalue weighted by Crippen LogP contribution is 2.28. The summed E-state index contributed by atoms with van der Waals surface area (Å²) < 4.78 is 10.6. The molecule has 184 valence electrons. The standard InChI is InChI=1S/C27H31N3O5/c1-19-9-5-6-13-22(19)25(27(33)29-20-10-3-2-4-11-20)30(18-21-12-7-15-34-21)24(31)17-28-26(32)23-14-8-16-35-23/h5-9,12-16,20,25H,2-4,10-11,17-18H2,1H3,(H,28,32)(H,29,33)/t25-/m0/s1. The predicted molar refractivity (Wildman–Crippen MR) is 129 cm³/mol. The number of amides is 3. The molecule has 1 aromatic carbocycles. The molecule has 4 rings (SSSR count). The maximum absolute atomic E-state index is 13.7. The van der Waals surface area contributed by atoms with Gasteiger partial charge < -0.3 is 24.4 Å². The van der Waals surface area contributed by atoms with Crippen molar-refractivity contribution in [1.29, 1.82) is 0 Å². The van der Waals surface area contributed by atoms with Crippen LogP contribution in [-0.2, 0) is 16.1 Å². The average Bonchev–Trinajstić information content (AvgIpc) is 3.58. The van der Waals surface area contributed by atoms with Gasteiger partial charge in [0.25, 0.3) is 5.91 Å². The molecular formula is C27H31N3O5. The highest BCUT2D eigenvalue weighted by Gasteiger charge is 2.34. The van der Waals surface area contributed by atoms with Crippen molar-refractivity contribution in [1.82, 2.24) is 15.5 Å². The van der Waals surface area contributed by atoms with Crippen molar-refractivity contribution in [3.05, 3.63) is 83.7 Å². The van der Waals surface area contributed by atoms with Gasteiger partial charge in [0, 0.05) is 6.04 Å². The van der Waals surface area contributed by atoms with Crippen molar-refractivity contribution in [3.63, 3.8) is 0 Å². The number of hydrogen-bond acceptors (Lipinski definition) is 5. The van der Waals surface area contributed by atoms with Crippen molar-refractivity contribution in [2.45, 2.75) is 57.7 Å². The zero-order chi connectivity index (χ0) is 24.6. The Kier molecular flexibility index (Phi) is 8.03. The van der Waals surface area contributed by atoms with Crippen molar-refractivity contribution in [2.75, 3.05) is 6.54 Å². The molecule has 1 atom stereocenters. The van der Waals surface area contributed by atoms with E-state index in [1.54, 1.807) is 18.2 Å². The molecule has 1 aliphatic rings. The second-order valence-corrected chi connectivity index (χ2v) is 8.86. The van der Waals surface area contributed by atoms with E-state index in [4.69, 9.17) is 8.83 Å². The first-order chi connectivity index (χ1) is 17.0. The summed E-state index contributed by atoms with van der Waals surface area (Å²) in [7, 11) is 0. The summed E-state index contributed by atoms with van der Waals surface area (Å²) in [5, 5.41) is 5.78. The normalized spacial score (nSPS) is 14.8. The lowest BCUT2D eigenvalue weighted by molar-refractivity contribution is -0.141. The largest absolute Gasteiger partial charge is 0.467 e. The van der Waals surface area contributed by atoms with Crippen molar-refractivity contribution in [2.24, 2.45) is 0 Å². The van der Waals surface area contributed by atoms with Crippen molar-refractivity contribution < 1.29 is 23.2 Å². The van der Waals surface area contributed by atoms with E-state index in [0.717, 1.165) is 36.8 Å². The topological polar surface area (TPSA) is 105 Å². The van der Waals surface area contributed by atoms with Crippen LogP contribution in [0.1, 0.15) is 65.6 Å². The average molecular weight is 478 g/mol. The molecule has 1 aliphatic carbocycles. The van der Waals surface area contributed by atoms with Gasteiger partial charge >= 0.3 is 0 Å². The van der Waals surface area contributed by atoms with Gasteiger partial charge in [0.1, 0.15) is 11.8 Å². The van der Waals surface area contributed by atoms with Crippen LogP contribution in [0.25, 0.3) is 0 Å². The number of nitrogens with zero attached hydrogens (tertiary/aromatic N) is 1. The third-order valence-electron chi connectivity index (χ3n) is 6.37. The zero-order valence-electron chi connectivity index (χ0n) is 19.9. The lowest BCUT2D eigenvalue weighted by atomic mass is 9.94. The first-order valence-corrected chi connectivity index (χ1v) is 12.0. The van der Waals surface area contributed by atoms with Gasteiger partial charge in [-0.25, -0.2) is 0 Å². The second kappa shape index (κ2) is 11.6. The Bertz CT molecular complexity index is 1120. The van der Waals surface area contributed by atoms with Crippen LogP contribution in [0, 0.1) is 6.92 Å². The third-order valence-corrected chi connectivity index (χ3v) is 6.37. The number of carbonyl (C=O) groups excluding carboxylic acids is 3. The summed E-state index contributed by atoms with van der Waals surface area (Å²) in [4.78, 5) is 41.1. The molecule has 2 aromatic heterocycles. The smallest absolute Gasteiger partial charge is 0.287 e. The van der Waals surface area contributed by atoms with Crippen LogP contribution in [0.15, 0.2) is 69.9 Å². The van der Waals surface area contributed by atoms with Crippen LogP contribution >= 0.6 is 0 Å². The number of nitrogens with one attached hydrogen (secondary N) is 2. The van der Waals surface area contributed by atoms with E-state index in [1.807, 2.05) is 31.2 Å². The minimum absolute atomic E-state index is 0.0829. The van der Waals surface area contributed by atoms with Gasteiger partial charge in [-0.05, 0) is 55.2 Å². The molecule has 2 N–H and O–H groups in total. The lowest BCUT2D eigenvalue weighted by Gasteiger charge is -2.33. The lowest BCUT2D eigenvalue weighted by Crippen LogP contribution is -2.49. The fraction of sp³-hybridized carbons (Fsp3) is 0.370. The van der Waals surface area contributed by atoms with E-state index in [2.05, 4.69) is 10.6 Å². The molecule has 0 bridgehead atoms. The Morgan fingerprint density at radius 1 is 0.971 bits per heavy atom. The van der Waals surface area contributed by atoms with E-state index in [-0.39, 0.29) is 30.8 Å². The van der Waals surface area contributed by atoms with E-state index < -0.39 is 17.9 Å². The molecule has 3 aromatic rings. The van der Waals surface area contributed by atoms with E-state index >= 15 is 0 Å². The van der Waals surface area contributed by atoms with Crippen LogP contribution in [0.4, 0.5) is 0 Å². The van der Waals surface area contributed by atoms with Gasteiger partial charge in [-0.1, -0.05) is 43.5 Å². The summed E-state index contributed by atoms with van der Waals surface area (Å²) in [5.74, 6) is -0.488. The number of aryl methyl sites for hydroxylation is 1. The van der Waals surface area contributed by atoms with Gasteiger partial charge in [-0.3, -0.25) is 14.4 Å². The molecule has 3 amide bonds. The monoisotopic (exact) mass is 477 g/mol. The predicted octanol–water partition coefficient (Wildman–Crippen LogP) is 4.13. The van der Waals surface area contributed by atoms with Crippen LogP contribution < -0.4 is 10.6 Å². The number of hydrogen-bond donors (Lipinski definition) is 2. The van der Waals surface area contributed by atoms with Crippen LogP contribution in [-0.4, -0.2) is 35.2 Å². The SMILES string of the molecule is Cc1ccccc1[C@@H](C(=O)NC1CCCCC1)N(Cc1ccco1)C(=O)CNC(=O)c1ccco1.